The lowest BCUT2D eigenvalue weighted by atomic mass is 10.2. The van der Waals surface area contributed by atoms with Gasteiger partial charge in [0.25, 0.3) is 5.91 Å². The number of hydrogen-bond acceptors (Lipinski definition) is 5. The highest BCUT2D eigenvalue weighted by atomic mass is 32.1. The Labute approximate surface area is 162 Å². The second-order valence-electron chi connectivity index (χ2n) is 5.95. The normalized spacial score (nSPS) is 10.4. The Balaban J connectivity index is 1.62. The first-order chi connectivity index (χ1) is 13.1. The quantitative estimate of drug-likeness (QED) is 0.597. The van der Waals surface area contributed by atoms with E-state index in [0.29, 0.717) is 6.54 Å². The van der Waals surface area contributed by atoms with E-state index in [0.717, 1.165) is 21.8 Å². The van der Waals surface area contributed by atoms with Crippen molar-refractivity contribution in [1.29, 1.82) is 0 Å². The minimum Gasteiger partial charge on any atom is -0.451 e. The maximum absolute atomic E-state index is 12.4. The minimum absolute atomic E-state index is 0.214. The summed E-state index contributed by atoms with van der Waals surface area (Å²) in [6.45, 7) is 4.06. The molecule has 6 heteroatoms. The molecule has 3 rings (SSSR count). The van der Waals surface area contributed by atoms with Gasteiger partial charge in [0.1, 0.15) is 5.01 Å². The van der Waals surface area contributed by atoms with Gasteiger partial charge < -0.3 is 9.64 Å². The Morgan fingerprint density at radius 3 is 2.44 bits per heavy atom. The van der Waals surface area contributed by atoms with Crippen LogP contribution in [0, 0.1) is 6.92 Å². The summed E-state index contributed by atoms with van der Waals surface area (Å²) in [4.78, 5) is 30.6. The van der Waals surface area contributed by atoms with Gasteiger partial charge in [-0.05, 0) is 26.0 Å². The molecule has 0 bridgehead atoms. The smallest absolute Gasteiger partial charge is 0.358 e. The number of ether oxygens (including phenoxy) is 1. The van der Waals surface area contributed by atoms with E-state index in [-0.39, 0.29) is 18.2 Å². The second kappa shape index (κ2) is 8.60. The molecule has 0 aliphatic carbocycles. The van der Waals surface area contributed by atoms with Crippen molar-refractivity contribution in [3.05, 3.63) is 71.2 Å². The van der Waals surface area contributed by atoms with Crippen LogP contribution in [0.2, 0.25) is 0 Å². The highest BCUT2D eigenvalue weighted by molar-refractivity contribution is 7.13. The highest BCUT2D eigenvalue weighted by Crippen LogP contribution is 2.24. The third-order valence-corrected chi connectivity index (χ3v) is 4.92. The average Bonchev–Trinajstić information content (AvgIpc) is 3.18. The maximum Gasteiger partial charge on any atom is 0.358 e. The van der Waals surface area contributed by atoms with E-state index < -0.39 is 5.97 Å². The molecule has 0 atom stereocenters. The van der Waals surface area contributed by atoms with Gasteiger partial charge in [-0.2, -0.15) is 0 Å². The van der Waals surface area contributed by atoms with Crippen molar-refractivity contribution < 1.29 is 14.3 Å². The number of nitrogens with zero attached hydrogens (tertiary/aromatic N) is 2. The Morgan fingerprint density at radius 2 is 1.78 bits per heavy atom. The lowest BCUT2D eigenvalue weighted by molar-refractivity contribution is -0.121. The molecular formula is C21H20N2O3S. The van der Waals surface area contributed by atoms with Gasteiger partial charge in [-0.25, -0.2) is 9.78 Å². The molecule has 0 radical (unpaired) electrons. The number of carbonyl (C=O) groups excluding carboxylic acids is 2. The van der Waals surface area contributed by atoms with Gasteiger partial charge >= 0.3 is 5.97 Å². The molecule has 0 aliphatic heterocycles. The second-order valence-corrected chi connectivity index (χ2v) is 6.81. The number of aromatic nitrogens is 1. The highest BCUT2D eigenvalue weighted by Gasteiger charge is 2.18. The summed E-state index contributed by atoms with van der Waals surface area (Å²) < 4.78 is 5.18. The van der Waals surface area contributed by atoms with E-state index in [9.17, 15) is 9.59 Å². The Kier molecular flexibility index (Phi) is 5.98. The summed E-state index contributed by atoms with van der Waals surface area (Å²) >= 11 is 1.37. The molecule has 1 aromatic heterocycles. The Hall–Kier alpha value is -2.99. The molecule has 0 aliphatic rings. The van der Waals surface area contributed by atoms with E-state index in [2.05, 4.69) is 4.98 Å². The summed E-state index contributed by atoms with van der Waals surface area (Å²) in [6, 6.07) is 17.2. The molecule has 5 nitrogen and oxygen atoms in total. The first-order valence-corrected chi connectivity index (χ1v) is 9.51. The number of esters is 1. The zero-order chi connectivity index (χ0) is 19.2. The van der Waals surface area contributed by atoms with E-state index >= 15 is 0 Å². The van der Waals surface area contributed by atoms with Gasteiger partial charge in [-0.15, -0.1) is 11.3 Å². The number of likely N-dealkylation sites (N-methyl/N-ethyl adjacent to an activating group) is 1. The van der Waals surface area contributed by atoms with Gasteiger partial charge in [-0.3, -0.25) is 4.79 Å². The fourth-order valence-corrected chi connectivity index (χ4v) is 3.38. The van der Waals surface area contributed by atoms with Crippen LogP contribution in [0.4, 0.5) is 5.69 Å². The minimum atomic E-state index is -0.595. The molecule has 138 valence electrons. The predicted octanol–water partition coefficient (Wildman–Crippen LogP) is 4.33. The van der Waals surface area contributed by atoms with Gasteiger partial charge in [0.2, 0.25) is 0 Å². The van der Waals surface area contributed by atoms with E-state index in [1.165, 1.54) is 11.3 Å². The van der Waals surface area contributed by atoms with Crippen LogP contribution in [0.1, 0.15) is 23.0 Å². The standard InChI is InChI=1S/C21H20N2O3S/c1-3-23(17-7-5-4-6-8-17)19(24)13-26-21(25)18-14-27-20(22-18)16-11-9-15(2)10-12-16/h4-12,14H,3,13H2,1-2H3. The number of aryl methyl sites for hydroxylation is 1. The van der Waals surface area contributed by atoms with Gasteiger partial charge in [0.05, 0.1) is 0 Å². The lowest BCUT2D eigenvalue weighted by Gasteiger charge is -2.20. The van der Waals surface area contributed by atoms with Crippen LogP contribution < -0.4 is 4.90 Å². The molecule has 1 amide bonds. The first kappa shape index (κ1) is 18.8. The molecule has 0 fully saturated rings. The van der Waals surface area contributed by atoms with Crippen molar-refractivity contribution in [3.63, 3.8) is 0 Å². The van der Waals surface area contributed by atoms with Gasteiger partial charge in [-0.1, -0.05) is 48.0 Å². The maximum atomic E-state index is 12.4. The molecule has 0 spiro atoms. The summed E-state index contributed by atoms with van der Waals surface area (Å²) in [5.74, 6) is -0.867. The predicted molar refractivity (Wildman–Crippen MR) is 107 cm³/mol. The first-order valence-electron chi connectivity index (χ1n) is 8.63. The summed E-state index contributed by atoms with van der Waals surface area (Å²) in [5, 5.41) is 2.39. The molecule has 0 unspecified atom stereocenters. The molecule has 0 saturated heterocycles. The van der Waals surface area contributed by atoms with Crippen LogP contribution in [0.25, 0.3) is 10.6 Å². The third-order valence-electron chi connectivity index (χ3n) is 4.02. The zero-order valence-corrected chi connectivity index (χ0v) is 16.0. The molecule has 0 saturated carbocycles. The Bertz CT molecular complexity index is 920. The summed E-state index contributed by atoms with van der Waals surface area (Å²) in [6.07, 6.45) is 0. The van der Waals surface area contributed by atoms with Crippen LogP contribution in [0.5, 0.6) is 0 Å². The van der Waals surface area contributed by atoms with Crippen molar-refractivity contribution in [2.24, 2.45) is 0 Å². The Morgan fingerprint density at radius 1 is 1.07 bits per heavy atom. The van der Waals surface area contributed by atoms with Crippen LogP contribution in [-0.4, -0.2) is 30.0 Å². The van der Waals surface area contributed by atoms with Crippen molar-refractivity contribution in [2.75, 3.05) is 18.1 Å². The topological polar surface area (TPSA) is 59.5 Å². The molecule has 0 N–H and O–H groups in total. The van der Waals surface area contributed by atoms with Gasteiger partial charge in [0.15, 0.2) is 12.3 Å². The molecule has 27 heavy (non-hydrogen) atoms. The third kappa shape index (κ3) is 4.60. The molecule has 1 heterocycles. The monoisotopic (exact) mass is 380 g/mol. The number of para-hydroxylation sites is 1. The number of hydrogen-bond donors (Lipinski definition) is 0. The van der Waals surface area contributed by atoms with Crippen molar-refractivity contribution in [2.45, 2.75) is 13.8 Å². The van der Waals surface area contributed by atoms with E-state index in [1.54, 1.807) is 10.3 Å². The molecule has 3 aromatic rings. The fourth-order valence-electron chi connectivity index (χ4n) is 2.59. The van der Waals surface area contributed by atoms with Crippen molar-refractivity contribution >= 4 is 28.9 Å². The molecular weight excluding hydrogens is 360 g/mol. The van der Waals surface area contributed by atoms with Gasteiger partial charge in [0, 0.05) is 23.2 Å². The van der Waals surface area contributed by atoms with E-state index in [4.69, 9.17) is 4.74 Å². The van der Waals surface area contributed by atoms with Crippen molar-refractivity contribution in [1.82, 2.24) is 4.98 Å². The number of carbonyl (C=O) groups is 2. The van der Waals surface area contributed by atoms with E-state index in [1.807, 2.05) is 68.4 Å². The number of thiazole rings is 1. The SMILES string of the molecule is CCN(C(=O)COC(=O)c1csc(-c2ccc(C)cc2)n1)c1ccccc1. The number of rotatable bonds is 6. The van der Waals surface area contributed by atoms with Crippen LogP contribution in [-0.2, 0) is 9.53 Å². The number of benzene rings is 2. The van der Waals surface area contributed by atoms with Crippen LogP contribution >= 0.6 is 11.3 Å². The largest absolute Gasteiger partial charge is 0.451 e. The fraction of sp³-hybridized carbons (Fsp3) is 0.190. The average molecular weight is 380 g/mol. The summed E-state index contributed by atoms with van der Waals surface area (Å²) in [7, 11) is 0. The number of anilines is 1. The molecule has 2 aromatic carbocycles. The van der Waals surface area contributed by atoms with Crippen LogP contribution in [0.3, 0.4) is 0 Å². The van der Waals surface area contributed by atoms with Crippen molar-refractivity contribution in [3.8, 4) is 10.6 Å². The summed E-state index contributed by atoms with van der Waals surface area (Å²) in [5.41, 5.74) is 3.09. The zero-order valence-electron chi connectivity index (χ0n) is 15.2. The van der Waals surface area contributed by atoms with Crippen LogP contribution in [0.15, 0.2) is 60.0 Å². The number of amides is 1. The lowest BCUT2D eigenvalue weighted by Crippen LogP contribution is -2.34.